The fraction of sp³-hybridized carbons (Fsp3) is 0.467. The summed E-state index contributed by atoms with van der Waals surface area (Å²) in [7, 11) is 0. The molecule has 18 heavy (non-hydrogen) atoms. The largest absolute Gasteiger partial charge is 0.486 e. The van der Waals surface area contributed by atoms with E-state index in [4.69, 9.17) is 4.74 Å². The van der Waals surface area contributed by atoms with E-state index in [9.17, 15) is 4.39 Å². The first-order valence-corrected chi connectivity index (χ1v) is 6.40. The topological polar surface area (TPSA) is 21.3 Å². The molecule has 2 unspecified atom stereocenters. The maximum atomic E-state index is 13.3. The molecule has 0 amide bonds. The Bertz CT molecular complexity index is 392. The van der Waals surface area contributed by atoms with Crippen LogP contribution in [-0.2, 0) is 0 Å². The molecule has 1 aromatic rings. The van der Waals surface area contributed by atoms with Crippen LogP contribution in [0.15, 0.2) is 30.9 Å². The number of rotatable bonds is 7. The van der Waals surface area contributed by atoms with E-state index in [0.29, 0.717) is 5.75 Å². The van der Waals surface area contributed by atoms with Gasteiger partial charge in [-0.25, -0.2) is 4.39 Å². The van der Waals surface area contributed by atoms with Crippen molar-refractivity contribution in [2.45, 2.75) is 39.3 Å². The predicted molar refractivity (Wildman–Crippen MR) is 73.4 cm³/mol. The highest BCUT2D eigenvalue weighted by molar-refractivity contribution is 5.36. The summed E-state index contributed by atoms with van der Waals surface area (Å²) < 4.78 is 19.0. The van der Waals surface area contributed by atoms with Gasteiger partial charge in [0.05, 0.1) is 0 Å². The minimum atomic E-state index is -0.285. The molecular formula is C15H22FNO. The zero-order valence-electron chi connectivity index (χ0n) is 11.4. The van der Waals surface area contributed by atoms with E-state index in [-0.39, 0.29) is 18.0 Å². The van der Waals surface area contributed by atoms with E-state index in [1.54, 1.807) is 12.1 Å². The average molecular weight is 251 g/mol. The van der Waals surface area contributed by atoms with Crippen LogP contribution in [0.5, 0.6) is 5.75 Å². The van der Waals surface area contributed by atoms with Crippen molar-refractivity contribution in [1.29, 1.82) is 0 Å². The molecule has 2 nitrogen and oxygen atoms in total. The second-order valence-electron chi connectivity index (χ2n) is 4.42. The van der Waals surface area contributed by atoms with Crippen LogP contribution in [0.25, 0.3) is 0 Å². The van der Waals surface area contributed by atoms with E-state index in [0.717, 1.165) is 18.5 Å². The molecule has 3 heteroatoms. The molecule has 1 aromatic carbocycles. The molecule has 0 heterocycles. The monoisotopic (exact) mass is 251 g/mol. The molecular weight excluding hydrogens is 229 g/mol. The van der Waals surface area contributed by atoms with Crippen molar-refractivity contribution in [1.82, 2.24) is 5.32 Å². The van der Waals surface area contributed by atoms with E-state index in [1.165, 1.54) is 12.1 Å². The minimum absolute atomic E-state index is 0.135. The minimum Gasteiger partial charge on any atom is -0.486 e. The Kier molecular flexibility index (Phi) is 5.86. The Morgan fingerprint density at radius 3 is 2.78 bits per heavy atom. The maximum Gasteiger partial charge on any atom is 0.127 e. The van der Waals surface area contributed by atoms with Crippen LogP contribution in [0.4, 0.5) is 4.39 Å². The van der Waals surface area contributed by atoms with Crippen LogP contribution in [0, 0.1) is 5.82 Å². The highest BCUT2D eigenvalue weighted by Gasteiger charge is 2.13. The van der Waals surface area contributed by atoms with Gasteiger partial charge in [-0.15, -0.1) is 0 Å². The van der Waals surface area contributed by atoms with Crippen molar-refractivity contribution >= 4 is 0 Å². The third-order valence-corrected chi connectivity index (χ3v) is 2.79. The third kappa shape index (κ3) is 4.15. The summed E-state index contributed by atoms with van der Waals surface area (Å²) in [5, 5.41) is 3.37. The summed E-state index contributed by atoms with van der Waals surface area (Å²) in [4.78, 5) is 0. The van der Waals surface area contributed by atoms with E-state index < -0.39 is 0 Å². The number of benzene rings is 1. The van der Waals surface area contributed by atoms with E-state index >= 15 is 0 Å². The Labute approximate surface area is 109 Å². The molecule has 0 fully saturated rings. The van der Waals surface area contributed by atoms with Crippen LogP contribution in [0.1, 0.15) is 38.8 Å². The zero-order valence-corrected chi connectivity index (χ0v) is 11.4. The molecule has 0 aromatic heterocycles. The van der Waals surface area contributed by atoms with Crippen LogP contribution in [0.3, 0.4) is 0 Å². The molecule has 1 rings (SSSR count). The van der Waals surface area contributed by atoms with Gasteiger partial charge >= 0.3 is 0 Å². The van der Waals surface area contributed by atoms with Crippen molar-refractivity contribution in [2.24, 2.45) is 0 Å². The quantitative estimate of drug-likeness (QED) is 0.743. The summed E-state index contributed by atoms with van der Waals surface area (Å²) >= 11 is 0. The molecule has 0 aliphatic rings. The van der Waals surface area contributed by atoms with Crippen molar-refractivity contribution in [2.75, 3.05) is 6.54 Å². The van der Waals surface area contributed by atoms with Gasteiger partial charge in [0.25, 0.3) is 0 Å². The number of hydrogen-bond donors (Lipinski definition) is 1. The fourth-order valence-electron chi connectivity index (χ4n) is 1.69. The molecule has 0 spiro atoms. The average Bonchev–Trinajstić information content (AvgIpc) is 2.36. The van der Waals surface area contributed by atoms with E-state index in [2.05, 4.69) is 18.8 Å². The molecule has 0 saturated heterocycles. The van der Waals surface area contributed by atoms with Gasteiger partial charge in [0, 0.05) is 17.7 Å². The molecule has 100 valence electrons. The smallest absolute Gasteiger partial charge is 0.127 e. The second-order valence-corrected chi connectivity index (χ2v) is 4.42. The first kappa shape index (κ1) is 14.7. The van der Waals surface area contributed by atoms with Crippen LogP contribution in [-0.4, -0.2) is 12.6 Å². The summed E-state index contributed by atoms with van der Waals surface area (Å²) in [6, 6.07) is 4.80. The van der Waals surface area contributed by atoms with Gasteiger partial charge in [0.1, 0.15) is 17.7 Å². The summed E-state index contributed by atoms with van der Waals surface area (Å²) in [5.41, 5.74) is 0.971. The Balaban J connectivity index is 2.91. The Morgan fingerprint density at radius 2 is 2.17 bits per heavy atom. The first-order valence-electron chi connectivity index (χ1n) is 6.40. The Hall–Kier alpha value is -1.35. The summed E-state index contributed by atoms with van der Waals surface area (Å²) in [6.45, 7) is 10.6. The zero-order chi connectivity index (χ0) is 13.5. The molecule has 0 aliphatic heterocycles. The van der Waals surface area contributed by atoms with Crippen molar-refractivity contribution in [3.8, 4) is 5.75 Å². The fourth-order valence-corrected chi connectivity index (χ4v) is 1.69. The maximum absolute atomic E-state index is 13.3. The normalized spacial score (nSPS) is 14.0. The van der Waals surface area contributed by atoms with Gasteiger partial charge in [-0.3, -0.25) is 0 Å². The van der Waals surface area contributed by atoms with Gasteiger partial charge in [0.15, 0.2) is 0 Å². The molecule has 0 aliphatic carbocycles. The SMILES string of the molecule is C=CC(C)Oc1cc(F)ccc1C(C)NCCC. The van der Waals surface area contributed by atoms with Gasteiger partial charge < -0.3 is 10.1 Å². The standard InChI is InChI=1S/C15H22FNO/c1-5-9-17-12(4)14-8-7-13(16)10-15(14)18-11(3)6-2/h6-8,10-12,17H,2,5,9H2,1,3-4H3. The highest BCUT2D eigenvalue weighted by Crippen LogP contribution is 2.27. The third-order valence-electron chi connectivity index (χ3n) is 2.79. The van der Waals surface area contributed by atoms with Gasteiger partial charge in [0.2, 0.25) is 0 Å². The summed E-state index contributed by atoms with van der Waals surface area (Å²) in [5.74, 6) is 0.297. The predicted octanol–water partition coefficient (Wildman–Crippen LogP) is 3.84. The van der Waals surface area contributed by atoms with Gasteiger partial charge in [-0.1, -0.05) is 25.6 Å². The van der Waals surface area contributed by atoms with E-state index in [1.807, 2.05) is 13.8 Å². The highest BCUT2D eigenvalue weighted by atomic mass is 19.1. The van der Waals surface area contributed by atoms with Crippen molar-refractivity contribution in [3.63, 3.8) is 0 Å². The number of ether oxygens (including phenoxy) is 1. The molecule has 1 N–H and O–H groups in total. The lowest BCUT2D eigenvalue weighted by atomic mass is 10.1. The van der Waals surface area contributed by atoms with Gasteiger partial charge in [-0.2, -0.15) is 0 Å². The van der Waals surface area contributed by atoms with Crippen molar-refractivity contribution < 1.29 is 9.13 Å². The second kappa shape index (κ2) is 7.17. The van der Waals surface area contributed by atoms with Crippen LogP contribution >= 0.6 is 0 Å². The van der Waals surface area contributed by atoms with Gasteiger partial charge in [-0.05, 0) is 32.9 Å². The molecule has 0 bridgehead atoms. The van der Waals surface area contributed by atoms with Crippen LogP contribution < -0.4 is 10.1 Å². The number of hydrogen-bond acceptors (Lipinski definition) is 2. The molecule has 0 radical (unpaired) electrons. The lowest BCUT2D eigenvalue weighted by Gasteiger charge is -2.20. The molecule has 2 atom stereocenters. The van der Waals surface area contributed by atoms with Crippen molar-refractivity contribution in [3.05, 3.63) is 42.2 Å². The van der Waals surface area contributed by atoms with Crippen LogP contribution in [0.2, 0.25) is 0 Å². The Morgan fingerprint density at radius 1 is 1.44 bits per heavy atom. The number of halogens is 1. The lowest BCUT2D eigenvalue weighted by molar-refractivity contribution is 0.264. The number of nitrogens with one attached hydrogen (secondary N) is 1. The lowest BCUT2D eigenvalue weighted by Crippen LogP contribution is -2.21. The first-order chi connectivity index (χ1) is 8.58. The molecule has 0 saturated carbocycles. The summed E-state index contributed by atoms with van der Waals surface area (Å²) in [6.07, 6.45) is 2.62.